The van der Waals surface area contributed by atoms with Crippen molar-refractivity contribution in [2.45, 2.75) is 26.4 Å². The third-order valence-electron chi connectivity index (χ3n) is 3.79. The van der Waals surface area contributed by atoms with Crippen LogP contribution in [-0.2, 0) is 9.59 Å². The Labute approximate surface area is 132 Å². The zero-order chi connectivity index (χ0) is 15.6. The number of ether oxygens (including phenoxy) is 1. The second-order valence-corrected chi connectivity index (χ2v) is 6.42. The maximum Gasteiger partial charge on any atom is 0.311 e. The van der Waals surface area contributed by atoms with Crippen molar-refractivity contribution in [2.24, 2.45) is 5.41 Å². The minimum Gasteiger partial charge on any atom is -0.481 e. The average Bonchev–Trinajstić information content (AvgIpc) is 2.84. The largest absolute Gasteiger partial charge is 0.481 e. The van der Waals surface area contributed by atoms with E-state index in [-0.39, 0.29) is 12.5 Å². The summed E-state index contributed by atoms with van der Waals surface area (Å²) in [6.45, 7) is 4.02. The number of nitrogens with zero attached hydrogens (tertiary/aromatic N) is 1. The van der Waals surface area contributed by atoms with E-state index in [0.717, 1.165) is 4.47 Å². The zero-order valence-corrected chi connectivity index (χ0v) is 13.6. The number of para-hydroxylation sites is 1. The van der Waals surface area contributed by atoms with Crippen LogP contribution in [0.4, 0.5) is 0 Å². The van der Waals surface area contributed by atoms with E-state index >= 15 is 0 Å². The summed E-state index contributed by atoms with van der Waals surface area (Å²) in [6, 6.07) is 7.31. The molecule has 1 aromatic rings. The highest BCUT2D eigenvalue weighted by Gasteiger charge is 2.43. The molecule has 0 aliphatic carbocycles. The minimum absolute atomic E-state index is 0.185. The molecule has 0 spiro atoms. The lowest BCUT2D eigenvalue weighted by atomic mass is 9.90. The summed E-state index contributed by atoms with van der Waals surface area (Å²) >= 11 is 3.37. The van der Waals surface area contributed by atoms with Gasteiger partial charge in [0.25, 0.3) is 5.91 Å². The van der Waals surface area contributed by atoms with E-state index in [1.807, 2.05) is 18.2 Å². The number of aliphatic carboxylic acids is 1. The first-order chi connectivity index (χ1) is 9.83. The minimum atomic E-state index is -0.864. The number of rotatable bonds is 4. The number of amides is 1. The van der Waals surface area contributed by atoms with Crippen LogP contribution >= 0.6 is 15.9 Å². The van der Waals surface area contributed by atoms with Gasteiger partial charge >= 0.3 is 5.97 Å². The summed E-state index contributed by atoms with van der Waals surface area (Å²) in [6.07, 6.45) is -0.185. The summed E-state index contributed by atoms with van der Waals surface area (Å²) in [4.78, 5) is 25.2. The standard InChI is InChI=1S/C15H18BrNO4/c1-10(21-12-6-4-3-5-11(12)16)13(18)17-8-7-15(2,9-17)14(19)20/h3-6,10H,7-9H2,1-2H3,(H,19,20)/t10-,15-/m1/s1. The lowest BCUT2D eigenvalue weighted by Gasteiger charge is -2.23. The van der Waals surface area contributed by atoms with Crippen LogP contribution in [0.1, 0.15) is 20.3 Å². The van der Waals surface area contributed by atoms with E-state index in [0.29, 0.717) is 18.7 Å². The molecule has 6 heteroatoms. The summed E-state index contributed by atoms with van der Waals surface area (Å²) in [5.74, 6) is -0.452. The van der Waals surface area contributed by atoms with Gasteiger partial charge in [0.05, 0.1) is 9.89 Å². The fourth-order valence-corrected chi connectivity index (χ4v) is 2.74. The third-order valence-corrected chi connectivity index (χ3v) is 4.44. The van der Waals surface area contributed by atoms with Gasteiger partial charge in [0.1, 0.15) is 5.75 Å². The average molecular weight is 356 g/mol. The van der Waals surface area contributed by atoms with E-state index < -0.39 is 17.5 Å². The Kier molecular flexibility index (Phi) is 4.56. The molecule has 1 aromatic carbocycles. The number of carbonyl (C=O) groups is 2. The van der Waals surface area contributed by atoms with Gasteiger partial charge in [0.2, 0.25) is 0 Å². The Morgan fingerprint density at radius 2 is 2.10 bits per heavy atom. The molecule has 5 nitrogen and oxygen atoms in total. The van der Waals surface area contributed by atoms with Crippen molar-refractivity contribution in [3.63, 3.8) is 0 Å². The normalized spacial score (nSPS) is 22.9. The van der Waals surface area contributed by atoms with Gasteiger partial charge in [-0.2, -0.15) is 0 Å². The second-order valence-electron chi connectivity index (χ2n) is 5.57. The first-order valence-electron chi connectivity index (χ1n) is 6.77. The van der Waals surface area contributed by atoms with Crippen molar-refractivity contribution in [3.8, 4) is 5.75 Å². The fraction of sp³-hybridized carbons (Fsp3) is 0.467. The Morgan fingerprint density at radius 3 is 2.67 bits per heavy atom. The molecule has 0 bridgehead atoms. The van der Waals surface area contributed by atoms with Gasteiger partial charge in [-0.3, -0.25) is 9.59 Å². The number of hydrogen-bond acceptors (Lipinski definition) is 3. The lowest BCUT2D eigenvalue weighted by Crippen LogP contribution is -2.41. The van der Waals surface area contributed by atoms with Crippen LogP contribution in [0, 0.1) is 5.41 Å². The van der Waals surface area contributed by atoms with Crippen LogP contribution in [0.15, 0.2) is 28.7 Å². The number of carbonyl (C=O) groups excluding carboxylic acids is 1. The van der Waals surface area contributed by atoms with Gasteiger partial charge < -0.3 is 14.7 Å². The Balaban J connectivity index is 2.01. The van der Waals surface area contributed by atoms with Crippen LogP contribution in [0.2, 0.25) is 0 Å². The molecule has 1 aliphatic heterocycles. The van der Waals surface area contributed by atoms with Crippen molar-refractivity contribution >= 4 is 27.8 Å². The van der Waals surface area contributed by atoms with Crippen LogP contribution < -0.4 is 4.74 Å². The molecule has 21 heavy (non-hydrogen) atoms. The smallest absolute Gasteiger partial charge is 0.311 e. The number of likely N-dealkylation sites (tertiary alicyclic amines) is 1. The van der Waals surface area contributed by atoms with Crippen molar-refractivity contribution in [1.82, 2.24) is 4.90 Å². The molecule has 1 fully saturated rings. The number of carboxylic acids is 1. The summed E-state index contributed by atoms with van der Waals surface area (Å²) in [5.41, 5.74) is -0.858. The highest BCUT2D eigenvalue weighted by molar-refractivity contribution is 9.10. The maximum atomic E-state index is 12.4. The van der Waals surface area contributed by atoms with Crippen LogP contribution in [0.25, 0.3) is 0 Å². The summed E-state index contributed by atoms with van der Waals surface area (Å²) < 4.78 is 6.44. The van der Waals surface area contributed by atoms with E-state index in [2.05, 4.69) is 15.9 Å². The molecular formula is C15H18BrNO4. The molecule has 1 aliphatic rings. The first-order valence-corrected chi connectivity index (χ1v) is 7.56. The number of halogens is 1. The third kappa shape index (κ3) is 3.37. The molecular weight excluding hydrogens is 338 g/mol. The van der Waals surface area contributed by atoms with Crippen LogP contribution in [-0.4, -0.2) is 41.1 Å². The van der Waals surface area contributed by atoms with Gasteiger partial charge in [-0.15, -0.1) is 0 Å². The Bertz CT molecular complexity index is 562. The molecule has 114 valence electrons. The molecule has 0 unspecified atom stereocenters. The van der Waals surface area contributed by atoms with E-state index in [9.17, 15) is 14.7 Å². The molecule has 1 heterocycles. The SMILES string of the molecule is C[C@@H](Oc1ccccc1Br)C(=O)N1CC[C@@](C)(C(=O)O)C1. The molecule has 1 amide bonds. The van der Waals surface area contributed by atoms with Crippen molar-refractivity contribution in [1.29, 1.82) is 0 Å². The molecule has 0 aromatic heterocycles. The van der Waals surface area contributed by atoms with Crippen molar-refractivity contribution in [3.05, 3.63) is 28.7 Å². The highest BCUT2D eigenvalue weighted by atomic mass is 79.9. The van der Waals surface area contributed by atoms with Crippen LogP contribution in [0.3, 0.4) is 0 Å². The fourth-order valence-electron chi connectivity index (χ4n) is 2.36. The van der Waals surface area contributed by atoms with E-state index in [4.69, 9.17) is 4.74 Å². The van der Waals surface area contributed by atoms with Gasteiger partial charge in [-0.25, -0.2) is 0 Å². The van der Waals surface area contributed by atoms with Gasteiger partial charge in [0, 0.05) is 13.1 Å². The van der Waals surface area contributed by atoms with E-state index in [1.54, 1.807) is 24.8 Å². The van der Waals surface area contributed by atoms with Gasteiger partial charge in [-0.05, 0) is 48.3 Å². The lowest BCUT2D eigenvalue weighted by molar-refractivity contribution is -0.147. The first kappa shape index (κ1) is 15.8. The predicted molar refractivity (Wildman–Crippen MR) is 81.2 cm³/mol. The van der Waals surface area contributed by atoms with Gasteiger partial charge in [-0.1, -0.05) is 12.1 Å². The monoisotopic (exact) mass is 355 g/mol. The molecule has 2 rings (SSSR count). The quantitative estimate of drug-likeness (QED) is 0.900. The predicted octanol–water partition coefficient (Wildman–Crippen LogP) is 2.54. The summed E-state index contributed by atoms with van der Waals surface area (Å²) in [5, 5.41) is 9.21. The van der Waals surface area contributed by atoms with Crippen molar-refractivity contribution < 1.29 is 19.4 Å². The van der Waals surface area contributed by atoms with Crippen LogP contribution in [0.5, 0.6) is 5.75 Å². The maximum absolute atomic E-state index is 12.4. The number of benzene rings is 1. The molecule has 2 atom stereocenters. The van der Waals surface area contributed by atoms with Gasteiger partial charge in [0.15, 0.2) is 6.10 Å². The Morgan fingerprint density at radius 1 is 1.43 bits per heavy atom. The highest BCUT2D eigenvalue weighted by Crippen LogP contribution is 2.31. The molecule has 0 radical (unpaired) electrons. The summed E-state index contributed by atoms with van der Waals surface area (Å²) in [7, 11) is 0. The number of hydrogen-bond donors (Lipinski definition) is 1. The topological polar surface area (TPSA) is 66.8 Å². The molecule has 0 saturated carbocycles. The van der Waals surface area contributed by atoms with Crippen molar-refractivity contribution in [2.75, 3.05) is 13.1 Å². The molecule has 1 N–H and O–H groups in total. The second kappa shape index (κ2) is 6.05. The zero-order valence-electron chi connectivity index (χ0n) is 12.0. The van der Waals surface area contributed by atoms with E-state index in [1.165, 1.54) is 0 Å². The Hall–Kier alpha value is -1.56. The number of carboxylic acid groups (broad SMARTS) is 1. The molecule has 1 saturated heterocycles.